The van der Waals surface area contributed by atoms with E-state index in [1.54, 1.807) is 0 Å². The van der Waals surface area contributed by atoms with Crippen molar-refractivity contribution in [2.75, 3.05) is 13.2 Å². The van der Waals surface area contributed by atoms with Gasteiger partial charge in [0, 0.05) is 10.8 Å². The molecular formula is C79H124O6. The van der Waals surface area contributed by atoms with Gasteiger partial charge in [0.05, 0.1) is 18.6 Å². The molecule has 2 aliphatic rings. The molecule has 85 heavy (non-hydrogen) atoms. The second-order valence-corrected chi connectivity index (χ2v) is 33.1. The lowest BCUT2D eigenvalue weighted by atomic mass is 9.56. The van der Waals surface area contributed by atoms with Crippen molar-refractivity contribution >= 4 is 0 Å². The minimum Gasteiger partial charge on any atom is -0.396 e. The predicted molar refractivity (Wildman–Crippen MR) is 359 cm³/mol. The summed E-state index contributed by atoms with van der Waals surface area (Å²) in [5.41, 5.74) is 9.59. The third-order valence-electron chi connectivity index (χ3n) is 23.4. The fourth-order valence-electron chi connectivity index (χ4n) is 12.9. The van der Waals surface area contributed by atoms with Crippen LogP contribution in [0.15, 0.2) is 72.8 Å². The van der Waals surface area contributed by atoms with Crippen molar-refractivity contribution in [2.24, 2.45) is 16.2 Å². The molecule has 6 heteroatoms. The average molecular weight is 1170 g/mol. The molecule has 476 valence electrons. The molecule has 6 rings (SSSR count). The Kier molecular flexibility index (Phi) is 20.9. The molecule has 2 N–H and O–H groups in total. The molecular weight excluding hydrogens is 1040 g/mol. The molecule has 0 aromatic heterocycles. The highest BCUT2D eigenvalue weighted by molar-refractivity contribution is 5.52. The van der Waals surface area contributed by atoms with Crippen molar-refractivity contribution in [3.8, 4) is 0 Å². The standard InChI is InChI=1S/C79H124O6/c1-29-69(9,10)51-37-41-55(59(45-51)73(17,18)33-5)63-79(64(83-67(82-63)77(25,26)49-80)56-42-38-52(70(11,12)30-2)46-60(56)74(19,20)34-6)65(57-43-39-53(71(13,14)31-3)47-61(57)75(21,22)35-7)84-68(78(27,28)50-81)85-66(79)58-44-40-54(72(15,16)32-4)48-62(58)76(23,24)36-8/h37-48,63-68,80-81H,29-36,49-50H2,1-28H3. The van der Waals surface area contributed by atoms with Gasteiger partial charge in [0.25, 0.3) is 0 Å². The van der Waals surface area contributed by atoms with Gasteiger partial charge in [0.15, 0.2) is 12.6 Å². The highest BCUT2D eigenvalue weighted by atomic mass is 16.7. The van der Waals surface area contributed by atoms with Gasteiger partial charge >= 0.3 is 0 Å². The summed E-state index contributed by atoms with van der Waals surface area (Å²) in [4.78, 5) is 0. The lowest BCUT2D eigenvalue weighted by molar-refractivity contribution is -0.431. The monoisotopic (exact) mass is 1170 g/mol. The van der Waals surface area contributed by atoms with Gasteiger partial charge in [0.1, 0.15) is 24.4 Å². The zero-order valence-corrected chi connectivity index (χ0v) is 59.5. The third kappa shape index (κ3) is 13.2. The Morgan fingerprint density at radius 3 is 0.624 bits per heavy atom. The number of benzene rings is 4. The van der Waals surface area contributed by atoms with E-state index in [0.717, 1.165) is 73.6 Å². The molecule has 0 aliphatic carbocycles. The van der Waals surface area contributed by atoms with Crippen LogP contribution < -0.4 is 0 Å². The van der Waals surface area contributed by atoms with Crippen LogP contribution in [0.5, 0.6) is 0 Å². The topological polar surface area (TPSA) is 77.4 Å². The molecule has 4 aromatic carbocycles. The molecule has 6 nitrogen and oxygen atoms in total. The maximum Gasteiger partial charge on any atom is 0.166 e. The molecule has 0 amide bonds. The van der Waals surface area contributed by atoms with Crippen LogP contribution in [0.25, 0.3) is 0 Å². The lowest BCUT2D eigenvalue weighted by Gasteiger charge is -2.64. The molecule has 4 atom stereocenters. The lowest BCUT2D eigenvalue weighted by Crippen LogP contribution is -2.62. The number of hydrogen-bond acceptors (Lipinski definition) is 6. The van der Waals surface area contributed by atoms with E-state index in [-0.39, 0.29) is 56.5 Å². The minimum absolute atomic E-state index is 0.113. The first-order valence-electron chi connectivity index (χ1n) is 33.5. The number of hydrogen-bond donors (Lipinski definition) is 2. The van der Waals surface area contributed by atoms with Gasteiger partial charge in [-0.05, 0) is 161 Å². The zero-order valence-electron chi connectivity index (χ0n) is 59.5. The molecule has 2 heterocycles. The molecule has 1 spiro atoms. The van der Waals surface area contributed by atoms with E-state index < -0.39 is 53.2 Å². The smallest absolute Gasteiger partial charge is 0.166 e. The molecule has 4 aromatic rings. The van der Waals surface area contributed by atoms with E-state index in [1.165, 1.54) is 44.5 Å². The maximum absolute atomic E-state index is 11.8. The quantitative estimate of drug-likeness (QED) is 0.0728. The minimum atomic E-state index is -1.30. The van der Waals surface area contributed by atoms with Crippen molar-refractivity contribution in [3.05, 3.63) is 140 Å². The summed E-state index contributed by atoms with van der Waals surface area (Å²) in [6.07, 6.45) is 2.49. The van der Waals surface area contributed by atoms with Crippen LogP contribution in [0.4, 0.5) is 0 Å². The van der Waals surface area contributed by atoms with Gasteiger partial charge in [-0.15, -0.1) is 0 Å². The van der Waals surface area contributed by atoms with Gasteiger partial charge in [-0.2, -0.15) is 0 Å². The summed E-state index contributed by atoms with van der Waals surface area (Å²) in [5, 5.41) is 23.6. The summed E-state index contributed by atoms with van der Waals surface area (Å²) in [5.74, 6) is 0. The number of rotatable bonds is 24. The van der Waals surface area contributed by atoms with Crippen molar-refractivity contribution in [3.63, 3.8) is 0 Å². The molecule has 0 saturated carbocycles. The SMILES string of the molecule is CCC(C)(C)c1ccc(C2OC(C(C)(C)CO)OC(c3ccc(C(C)(C)CC)cc3C(C)(C)CC)C23C(c2ccc(C(C)(C)CC)cc2C(C)(C)CC)OC(C(C)(C)CO)OC3c2ccc(C(C)(C)CC)cc2C(C)(C)CC)c(C(C)(C)CC)c1. The predicted octanol–water partition coefficient (Wildman–Crippen LogP) is 21.2. The van der Waals surface area contributed by atoms with E-state index in [2.05, 4.69) is 267 Å². The Morgan fingerprint density at radius 1 is 0.294 bits per heavy atom. The summed E-state index contributed by atoms with van der Waals surface area (Å²) < 4.78 is 33.2. The summed E-state index contributed by atoms with van der Waals surface area (Å²) in [6.45, 7) is 64.6. The van der Waals surface area contributed by atoms with E-state index in [9.17, 15) is 10.2 Å². The van der Waals surface area contributed by atoms with Crippen LogP contribution in [0.2, 0.25) is 0 Å². The largest absolute Gasteiger partial charge is 0.396 e. The van der Waals surface area contributed by atoms with Gasteiger partial charge in [-0.3, -0.25) is 0 Å². The normalized spacial score (nSPS) is 22.8. The van der Waals surface area contributed by atoms with Gasteiger partial charge < -0.3 is 29.2 Å². The van der Waals surface area contributed by atoms with E-state index in [0.29, 0.717) is 0 Å². The Hall–Kier alpha value is -3.36. The van der Waals surface area contributed by atoms with Crippen molar-refractivity contribution in [1.82, 2.24) is 0 Å². The van der Waals surface area contributed by atoms with Crippen molar-refractivity contribution < 1.29 is 29.2 Å². The highest BCUT2D eigenvalue weighted by Crippen LogP contribution is 2.72. The van der Waals surface area contributed by atoms with Crippen LogP contribution in [-0.4, -0.2) is 36.0 Å². The van der Waals surface area contributed by atoms with Gasteiger partial charge in [-0.25, -0.2) is 0 Å². The second-order valence-electron chi connectivity index (χ2n) is 33.1. The Labute approximate surface area is 521 Å². The maximum atomic E-state index is 11.8. The summed E-state index contributed by atoms with van der Waals surface area (Å²) >= 11 is 0. The van der Waals surface area contributed by atoms with Crippen LogP contribution in [0, 0.1) is 16.2 Å². The van der Waals surface area contributed by atoms with Crippen LogP contribution in [0.1, 0.15) is 336 Å². The van der Waals surface area contributed by atoms with Crippen molar-refractivity contribution in [2.45, 2.75) is 326 Å². The first-order valence-corrected chi connectivity index (χ1v) is 33.5. The van der Waals surface area contributed by atoms with Gasteiger partial charge in [0.2, 0.25) is 0 Å². The molecule has 2 aliphatic heterocycles. The number of aliphatic hydroxyl groups is 2. The van der Waals surface area contributed by atoms with E-state index >= 15 is 0 Å². The highest BCUT2D eigenvalue weighted by Gasteiger charge is 2.70. The third-order valence-corrected chi connectivity index (χ3v) is 23.4. The van der Waals surface area contributed by atoms with E-state index in [4.69, 9.17) is 18.9 Å². The summed E-state index contributed by atoms with van der Waals surface area (Å²) in [6, 6.07) is 29.2. The van der Waals surface area contributed by atoms with Crippen LogP contribution in [0.3, 0.4) is 0 Å². The van der Waals surface area contributed by atoms with Gasteiger partial charge in [-0.1, -0.05) is 267 Å². The first kappa shape index (κ1) is 70.7. The second kappa shape index (κ2) is 25.1. The molecule has 0 radical (unpaired) electrons. The Bertz CT molecular complexity index is 2540. The fraction of sp³-hybridized carbons (Fsp3) is 0.696. The van der Waals surface area contributed by atoms with Crippen LogP contribution >= 0.6 is 0 Å². The Morgan fingerprint density at radius 2 is 0.471 bits per heavy atom. The van der Waals surface area contributed by atoms with Crippen molar-refractivity contribution in [1.29, 1.82) is 0 Å². The molecule has 2 saturated heterocycles. The fourth-order valence-corrected chi connectivity index (χ4v) is 12.9. The molecule has 2 fully saturated rings. The zero-order chi connectivity index (χ0) is 64.3. The molecule has 4 unspecified atom stereocenters. The first-order chi connectivity index (χ1) is 39.1. The average Bonchev–Trinajstić information content (AvgIpc) is 0.719. The Balaban J connectivity index is 2.12. The van der Waals surface area contributed by atoms with E-state index in [1.807, 2.05) is 0 Å². The van der Waals surface area contributed by atoms with Crippen LogP contribution in [-0.2, 0) is 62.3 Å². The number of ether oxygens (including phenoxy) is 4. The summed E-state index contributed by atoms with van der Waals surface area (Å²) in [7, 11) is 0. The molecule has 0 bridgehead atoms. The number of aliphatic hydroxyl groups excluding tert-OH is 2.